The molecule has 0 saturated carbocycles. The van der Waals surface area contributed by atoms with Gasteiger partial charge in [0, 0.05) is 0 Å². The van der Waals surface area contributed by atoms with Crippen LogP contribution in [-0.4, -0.2) is 16.9 Å². The highest BCUT2D eigenvalue weighted by Crippen LogP contribution is 2.25. The minimum atomic E-state index is 0.171. The molecular formula is C21H44N4. The summed E-state index contributed by atoms with van der Waals surface area (Å²) in [6.07, 6.45) is 24.1. The zero-order valence-corrected chi connectivity index (χ0v) is 17.3. The van der Waals surface area contributed by atoms with Crippen LogP contribution in [0.25, 0.3) is 0 Å². The zero-order chi connectivity index (χ0) is 18.2. The molecule has 0 aromatic carbocycles. The molecule has 0 aliphatic carbocycles. The maximum absolute atomic E-state index is 4.04. The highest BCUT2D eigenvalue weighted by atomic mass is 15.8. The average molecular weight is 353 g/mol. The summed E-state index contributed by atoms with van der Waals surface area (Å²) < 4.78 is 0. The van der Waals surface area contributed by atoms with Gasteiger partial charge < -0.3 is 0 Å². The fourth-order valence-corrected chi connectivity index (χ4v) is 3.64. The summed E-state index contributed by atoms with van der Waals surface area (Å²) >= 11 is 0. The smallest absolute Gasteiger partial charge is 0.129 e. The number of hydrogen-bond donors (Lipinski definition) is 2. The molecule has 4 heteroatoms. The first-order valence-corrected chi connectivity index (χ1v) is 11.1. The molecule has 0 fully saturated rings. The number of unbranched alkanes of at least 4 members (excludes halogenated alkanes) is 13. The molecule has 0 spiro atoms. The molecule has 1 aliphatic heterocycles. The van der Waals surface area contributed by atoms with Gasteiger partial charge in [0.25, 0.3) is 0 Å². The van der Waals surface area contributed by atoms with Crippen molar-refractivity contribution in [1.29, 1.82) is 0 Å². The average Bonchev–Trinajstić information content (AvgIpc) is 3.17. The number of hydrazine groups is 2. The molecule has 0 aromatic rings. The van der Waals surface area contributed by atoms with Crippen molar-refractivity contribution in [3.05, 3.63) is 0 Å². The van der Waals surface area contributed by atoms with Crippen molar-refractivity contribution in [3.8, 4) is 0 Å². The maximum Gasteiger partial charge on any atom is 0.129 e. The second kappa shape index (κ2) is 14.4. The first kappa shape index (κ1) is 22.3. The largest absolute Gasteiger partial charge is 0.272 e. The van der Waals surface area contributed by atoms with E-state index in [1.165, 1.54) is 96.3 Å². The van der Waals surface area contributed by atoms with Gasteiger partial charge in [-0.1, -0.05) is 104 Å². The van der Waals surface area contributed by atoms with Crippen molar-refractivity contribution in [2.45, 2.75) is 129 Å². The van der Waals surface area contributed by atoms with Crippen LogP contribution in [-0.2, 0) is 0 Å². The number of nitrogens with one attached hydrogen (secondary N) is 2. The van der Waals surface area contributed by atoms with Crippen LogP contribution in [0.1, 0.15) is 124 Å². The van der Waals surface area contributed by atoms with Crippen LogP contribution in [0.2, 0.25) is 0 Å². The van der Waals surface area contributed by atoms with Gasteiger partial charge >= 0.3 is 0 Å². The Morgan fingerprint density at radius 2 is 1.24 bits per heavy atom. The van der Waals surface area contributed by atoms with Gasteiger partial charge in [-0.15, -0.1) is 5.53 Å². The van der Waals surface area contributed by atoms with Gasteiger partial charge in [0.2, 0.25) is 0 Å². The van der Waals surface area contributed by atoms with Crippen LogP contribution in [0.4, 0.5) is 0 Å². The van der Waals surface area contributed by atoms with E-state index in [2.05, 4.69) is 42.0 Å². The Morgan fingerprint density at radius 1 is 0.760 bits per heavy atom. The lowest BCUT2D eigenvalue weighted by Gasteiger charge is -2.36. The van der Waals surface area contributed by atoms with Crippen molar-refractivity contribution < 1.29 is 0 Å². The maximum atomic E-state index is 4.04. The molecule has 0 aromatic heterocycles. The van der Waals surface area contributed by atoms with Crippen molar-refractivity contribution in [3.63, 3.8) is 0 Å². The molecule has 2 N–H and O–H groups in total. The van der Waals surface area contributed by atoms with Crippen LogP contribution in [0.3, 0.4) is 0 Å². The Balaban J connectivity index is 1.86. The first-order valence-electron chi connectivity index (χ1n) is 11.1. The molecule has 148 valence electrons. The second-order valence-electron chi connectivity index (χ2n) is 8.03. The predicted octanol–water partition coefficient (Wildman–Crippen LogP) is 6.29. The third kappa shape index (κ3) is 10.1. The summed E-state index contributed by atoms with van der Waals surface area (Å²) in [6.45, 7) is 6.87. The number of hydrazone groups is 1. The van der Waals surface area contributed by atoms with Crippen molar-refractivity contribution in [2.24, 2.45) is 5.10 Å². The predicted molar refractivity (Wildman–Crippen MR) is 110 cm³/mol. The van der Waals surface area contributed by atoms with Crippen LogP contribution in [0, 0.1) is 0 Å². The molecule has 0 radical (unpaired) electrons. The lowest BCUT2D eigenvalue weighted by atomic mass is 9.90. The fraction of sp³-hybridized carbons (Fsp3) is 0.952. The van der Waals surface area contributed by atoms with E-state index in [1.807, 2.05) is 6.34 Å². The lowest BCUT2D eigenvalue weighted by molar-refractivity contribution is 0.115. The Kier molecular flexibility index (Phi) is 12.8. The van der Waals surface area contributed by atoms with Crippen molar-refractivity contribution >= 4 is 6.34 Å². The number of nitrogens with zero attached hydrogens (tertiary/aromatic N) is 2. The third-order valence-corrected chi connectivity index (χ3v) is 5.82. The van der Waals surface area contributed by atoms with Gasteiger partial charge in [-0.3, -0.25) is 5.01 Å². The summed E-state index contributed by atoms with van der Waals surface area (Å²) in [5.74, 6) is 0. The quantitative estimate of drug-likeness (QED) is 0.302. The number of hydrogen-bond acceptors (Lipinski definition) is 4. The van der Waals surface area contributed by atoms with Gasteiger partial charge in [-0.2, -0.15) is 5.10 Å². The van der Waals surface area contributed by atoms with Gasteiger partial charge in [0.1, 0.15) is 6.34 Å². The van der Waals surface area contributed by atoms with E-state index in [0.717, 1.165) is 6.42 Å². The lowest BCUT2D eigenvalue weighted by Crippen LogP contribution is -2.52. The molecule has 0 saturated heterocycles. The normalized spacial score (nSPS) is 16.2. The summed E-state index contributed by atoms with van der Waals surface area (Å²) in [5, 5.41) is 6.16. The third-order valence-electron chi connectivity index (χ3n) is 5.82. The molecule has 25 heavy (non-hydrogen) atoms. The van der Waals surface area contributed by atoms with Gasteiger partial charge in [-0.25, -0.2) is 5.53 Å². The summed E-state index contributed by atoms with van der Waals surface area (Å²) in [4.78, 5) is 0. The highest BCUT2D eigenvalue weighted by Gasteiger charge is 2.29. The number of rotatable bonds is 17. The van der Waals surface area contributed by atoms with E-state index < -0.39 is 0 Å². The minimum Gasteiger partial charge on any atom is -0.272 e. The van der Waals surface area contributed by atoms with Crippen molar-refractivity contribution in [2.75, 3.05) is 0 Å². The van der Waals surface area contributed by atoms with E-state index in [4.69, 9.17) is 0 Å². The van der Waals surface area contributed by atoms with Crippen LogP contribution >= 0.6 is 0 Å². The molecule has 1 heterocycles. The van der Waals surface area contributed by atoms with Crippen LogP contribution < -0.4 is 11.1 Å². The Bertz CT molecular complexity index is 332. The summed E-state index contributed by atoms with van der Waals surface area (Å²) in [6, 6.07) is 0. The Labute approximate surface area is 157 Å². The van der Waals surface area contributed by atoms with Crippen LogP contribution in [0.5, 0.6) is 0 Å². The molecule has 1 rings (SSSR count). The summed E-state index contributed by atoms with van der Waals surface area (Å²) in [7, 11) is 0. The molecule has 4 nitrogen and oxygen atoms in total. The Morgan fingerprint density at radius 3 is 1.64 bits per heavy atom. The molecule has 1 atom stereocenters. The molecule has 0 amide bonds. The first-order chi connectivity index (χ1) is 12.2. The fourth-order valence-electron chi connectivity index (χ4n) is 3.64. The minimum absolute atomic E-state index is 0.171. The van der Waals surface area contributed by atoms with E-state index >= 15 is 0 Å². The monoisotopic (exact) mass is 352 g/mol. The molecular weight excluding hydrogens is 308 g/mol. The molecule has 0 bridgehead atoms. The van der Waals surface area contributed by atoms with E-state index in [0.29, 0.717) is 0 Å². The summed E-state index contributed by atoms with van der Waals surface area (Å²) in [5.41, 5.74) is 6.09. The zero-order valence-electron chi connectivity index (χ0n) is 17.3. The second-order valence-corrected chi connectivity index (χ2v) is 8.03. The topological polar surface area (TPSA) is 39.7 Å². The van der Waals surface area contributed by atoms with Crippen molar-refractivity contribution in [1.82, 2.24) is 16.1 Å². The molecule has 1 unspecified atom stereocenters. The van der Waals surface area contributed by atoms with Gasteiger partial charge in [0.15, 0.2) is 0 Å². The molecule has 1 aliphatic rings. The van der Waals surface area contributed by atoms with Gasteiger partial charge in [-0.05, 0) is 19.8 Å². The van der Waals surface area contributed by atoms with Gasteiger partial charge in [0.05, 0.1) is 5.54 Å². The SMILES string of the molecule is CCCCCCCCCCCCCCCCC(C)(CC)N1C=NNN1. The van der Waals surface area contributed by atoms with E-state index in [-0.39, 0.29) is 5.54 Å². The Hall–Kier alpha value is -0.770. The van der Waals surface area contributed by atoms with E-state index in [9.17, 15) is 0 Å². The standard InChI is InChI=1S/C21H44N4/c1-4-6-7-8-9-10-11-12-13-14-15-16-17-18-19-21(3,5-2)25-20-22-23-24-25/h20,23-24H,4-19H2,1-3H3. The van der Waals surface area contributed by atoms with E-state index in [1.54, 1.807) is 0 Å². The highest BCUT2D eigenvalue weighted by molar-refractivity contribution is 5.56. The van der Waals surface area contributed by atoms with Crippen LogP contribution in [0.15, 0.2) is 5.10 Å².